The molecule has 0 aromatic carbocycles. The molecule has 8 heteroatoms. The Bertz CT molecular complexity index is 908. The van der Waals surface area contributed by atoms with Crippen LogP contribution in [0.1, 0.15) is 12.1 Å². The number of hydrogen-bond donors (Lipinski definition) is 0. The number of hydrogen-bond acceptors (Lipinski definition) is 7. The fourth-order valence-electron chi connectivity index (χ4n) is 3.63. The van der Waals surface area contributed by atoms with Crippen LogP contribution in [-0.2, 0) is 0 Å². The molecule has 0 radical (unpaired) electrons. The standard InChI is InChI=1S/C17H18N6OS/c1-12-6-15(23-16(21-12)19-11-20-23)22-9-17(10-22)7-13(8-25-17)24-14-4-2-3-5-18-14/h2-6,11,13H,7-10H2,1H3/t13-/m0/s1. The summed E-state index contributed by atoms with van der Waals surface area (Å²) in [4.78, 5) is 15.2. The van der Waals surface area contributed by atoms with Crippen LogP contribution in [0.5, 0.6) is 5.88 Å². The summed E-state index contributed by atoms with van der Waals surface area (Å²) in [7, 11) is 0. The summed E-state index contributed by atoms with van der Waals surface area (Å²) in [6.07, 6.45) is 4.61. The molecule has 2 saturated heterocycles. The van der Waals surface area contributed by atoms with Gasteiger partial charge in [-0.1, -0.05) is 6.07 Å². The van der Waals surface area contributed by atoms with Crippen LogP contribution >= 0.6 is 11.8 Å². The van der Waals surface area contributed by atoms with E-state index in [0.29, 0.717) is 5.78 Å². The fraction of sp³-hybridized carbons (Fsp3) is 0.412. The normalized spacial score (nSPS) is 21.6. The third kappa shape index (κ3) is 2.60. The molecule has 7 nitrogen and oxygen atoms in total. The van der Waals surface area contributed by atoms with Crippen molar-refractivity contribution in [3.05, 3.63) is 42.5 Å². The SMILES string of the molecule is Cc1cc(N2CC3(C[C@H](Oc4ccccn4)CS3)C2)n2ncnc2n1. The van der Waals surface area contributed by atoms with Crippen LogP contribution in [0.2, 0.25) is 0 Å². The molecule has 0 N–H and O–H groups in total. The zero-order chi connectivity index (χ0) is 16.9. The summed E-state index contributed by atoms with van der Waals surface area (Å²) in [5.74, 6) is 3.46. The Kier molecular flexibility index (Phi) is 3.34. The predicted molar refractivity (Wildman–Crippen MR) is 96.2 cm³/mol. The Balaban J connectivity index is 1.29. The van der Waals surface area contributed by atoms with Gasteiger partial charge in [0, 0.05) is 49.3 Å². The summed E-state index contributed by atoms with van der Waals surface area (Å²) in [5, 5.41) is 4.31. The van der Waals surface area contributed by atoms with E-state index in [1.54, 1.807) is 12.5 Å². The molecule has 128 valence electrons. The summed E-state index contributed by atoms with van der Waals surface area (Å²) >= 11 is 2.01. The average Bonchev–Trinajstić information content (AvgIpc) is 3.20. The van der Waals surface area contributed by atoms with Gasteiger partial charge in [-0.25, -0.2) is 9.97 Å². The first-order valence-electron chi connectivity index (χ1n) is 8.35. The van der Waals surface area contributed by atoms with Crippen LogP contribution in [0.4, 0.5) is 5.82 Å². The minimum atomic E-state index is 0.229. The molecule has 0 saturated carbocycles. The van der Waals surface area contributed by atoms with E-state index < -0.39 is 0 Å². The van der Waals surface area contributed by atoms with Crippen LogP contribution in [0.15, 0.2) is 36.8 Å². The molecule has 5 heterocycles. The predicted octanol–water partition coefficient (Wildman–Crippen LogP) is 1.97. The van der Waals surface area contributed by atoms with Gasteiger partial charge in [0.25, 0.3) is 5.78 Å². The zero-order valence-corrected chi connectivity index (χ0v) is 14.7. The van der Waals surface area contributed by atoms with Crippen molar-refractivity contribution < 1.29 is 4.74 Å². The Morgan fingerprint density at radius 2 is 2.20 bits per heavy atom. The van der Waals surface area contributed by atoms with Gasteiger partial charge in [0.15, 0.2) is 0 Å². The van der Waals surface area contributed by atoms with E-state index in [0.717, 1.165) is 42.7 Å². The van der Waals surface area contributed by atoms with Crippen molar-refractivity contribution >= 4 is 23.4 Å². The van der Waals surface area contributed by atoms with E-state index in [1.165, 1.54) is 0 Å². The minimum Gasteiger partial charge on any atom is -0.473 e. The van der Waals surface area contributed by atoms with E-state index >= 15 is 0 Å². The number of rotatable bonds is 3. The molecule has 3 aromatic heterocycles. The maximum Gasteiger partial charge on any atom is 0.254 e. The molecule has 1 atom stereocenters. The van der Waals surface area contributed by atoms with Crippen LogP contribution < -0.4 is 9.64 Å². The highest BCUT2D eigenvalue weighted by Gasteiger charge is 2.50. The second-order valence-corrected chi connectivity index (χ2v) is 8.18. The van der Waals surface area contributed by atoms with Crippen molar-refractivity contribution in [3.8, 4) is 5.88 Å². The Morgan fingerprint density at radius 3 is 3.04 bits per heavy atom. The van der Waals surface area contributed by atoms with Crippen molar-refractivity contribution in [3.63, 3.8) is 0 Å². The maximum atomic E-state index is 6.04. The van der Waals surface area contributed by atoms with E-state index in [1.807, 2.05) is 41.4 Å². The van der Waals surface area contributed by atoms with E-state index in [-0.39, 0.29) is 10.9 Å². The topological polar surface area (TPSA) is 68.4 Å². The van der Waals surface area contributed by atoms with Crippen molar-refractivity contribution in [2.24, 2.45) is 0 Å². The maximum absolute atomic E-state index is 6.04. The number of aromatic nitrogens is 5. The highest BCUT2D eigenvalue weighted by Crippen LogP contribution is 2.47. The molecule has 0 aliphatic carbocycles. The van der Waals surface area contributed by atoms with Gasteiger partial charge in [-0.05, 0) is 13.0 Å². The number of ether oxygens (including phenoxy) is 1. The average molecular weight is 354 g/mol. The molecule has 2 aliphatic rings. The minimum absolute atomic E-state index is 0.229. The van der Waals surface area contributed by atoms with Gasteiger partial charge in [-0.2, -0.15) is 14.6 Å². The summed E-state index contributed by atoms with van der Waals surface area (Å²) in [6, 6.07) is 7.86. The molecule has 0 amide bonds. The van der Waals surface area contributed by atoms with Crippen molar-refractivity contribution in [2.75, 3.05) is 23.7 Å². The number of anilines is 1. The van der Waals surface area contributed by atoms with Gasteiger partial charge < -0.3 is 9.64 Å². The molecule has 5 rings (SSSR count). The molecule has 2 aliphatic heterocycles. The largest absolute Gasteiger partial charge is 0.473 e. The Hall–Kier alpha value is -2.35. The third-order valence-electron chi connectivity index (χ3n) is 4.74. The molecule has 0 bridgehead atoms. The quantitative estimate of drug-likeness (QED) is 0.712. The van der Waals surface area contributed by atoms with E-state index in [2.05, 4.69) is 31.0 Å². The first-order chi connectivity index (χ1) is 12.2. The molecule has 3 aromatic rings. The summed E-state index contributed by atoms with van der Waals surface area (Å²) < 4.78 is 8.12. The second-order valence-electron chi connectivity index (χ2n) is 6.69. The fourth-order valence-corrected chi connectivity index (χ4v) is 5.16. The lowest BCUT2D eigenvalue weighted by atomic mass is 9.93. The lowest BCUT2D eigenvalue weighted by Crippen LogP contribution is -2.59. The monoisotopic (exact) mass is 354 g/mol. The lowest BCUT2D eigenvalue weighted by molar-refractivity contribution is 0.194. The summed E-state index contributed by atoms with van der Waals surface area (Å²) in [5.41, 5.74) is 0.965. The van der Waals surface area contributed by atoms with Crippen LogP contribution in [-0.4, -0.2) is 54.3 Å². The molecular formula is C17H18N6OS. The highest BCUT2D eigenvalue weighted by molar-refractivity contribution is 8.01. The number of aryl methyl sites for hydroxylation is 1. The van der Waals surface area contributed by atoms with Crippen molar-refractivity contribution in [2.45, 2.75) is 24.2 Å². The van der Waals surface area contributed by atoms with Crippen LogP contribution in [0.25, 0.3) is 5.78 Å². The van der Waals surface area contributed by atoms with Gasteiger partial charge in [-0.15, -0.1) is 11.8 Å². The number of fused-ring (bicyclic) bond motifs is 1. The molecule has 0 unspecified atom stereocenters. The lowest BCUT2D eigenvalue weighted by Gasteiger charge is -2.48. The number of pyridine rings is 1. The highest BCUT2D eigenvalue weighted by atomic mass is 32.2. The molecule has 2 fully saturated rings. The number of nitrogens with zero attached hydrogens (tertiary/aromatic N) is 6. The van der Waals surface area contributed by atoms with Gasteiger partial charge >= 0.3 is 0 Å². The van der Waals surface area contributed by atoms with Gasteiger partial charge in [-0.3, -0.25) is 0 Å². The van der Waals surface area contributed by atoms with Gasteiger partial charge in [0.05, 0.1) is 4.75 Å². The van der Waals surface area contributed by atoms with E-state index in [4.69, 9.17) is 4.74 Å². The molecular weight excluding hydrogens is 336 g/mol. The second kappa shape index (κ2) is 5.59. The number of thioether (sulfide) groups is 1. The smallest absolute Gasteiger partial charge is 0.254 e. The first-order valence-corrected chi connectivity index (χ1v) is 9.33. The Morgan fingerprint density at radius 1 is 1.28 bits per heavy atom. The first kappa shape index (κ1) is 14.9. The third-order valence-corrected chi connectivity index (χ3v) is 6.32. The van der Waals surface area contributed by atoms with Crippen molar-refractivity contribution in [1.82, 2.24) is 24.6 Å². The van der Waals surface area contributed by atoms with Gasteiger partial charge in [0.1, 0.15) is 18.2 Å². The van der Waals surface area contributed by atoms with Crippen LogP contribution in [0, 0.1) is 6.92 Å². The van der Waals surface area contributed by atoms with E-state index in [9.17, 15) is 0 Å². The Labute approximate surface area is 149 Å². The van der Waals surface area contributed by atoms with Crippen molar-refractivity contribution in [1.29, 1.82) is 0 Å². The summed E-state index contributed by atoms with van der Waals surface area (Å²) in [6.45, 7) is 3.99. The zero-order valence-electron chi connectivity index (χ0n) is 13.9. The molecule has 25 heavy (non-hydrogen) atoms. The van der Waals surface area contributed by atoms with Crippen LogP contribution in [0.3, 0.4) is 0 Å². The van der Waals surface area contributed by atoms with Gasteiger partial charge in [0.2, 0.25) is 5.88 Å². The molecule has 1 spiro atoms.